The van der Waals surface area contributed by atoms with Crippen LogP contribution >= 0.6 is 12.4 Å². The fraction of sp³-hybridized carbons (Fsp3) is 0.923. The van der Waals surface area contributed by atoms with Crippen molar-refractivity contribution in [2.75, 3.05) is 19.8 Å². The van der Waals surface area contributed by atoms with Crippen LogP contribution in [-0.4, -0.2) is 31.7 Å². The minimum atomic E-state index is 0. The van der Waals surface area contributed by atoms with E-state index in [1.807, 2.05) is 0 Å². The van der Waals surface area contributed by atoms with E-state index in [0.29, 0.717) is 30.8 Å². The lowest BCUT2D eigenvalue weighted by Gasteiger charge is -2.24. The van der Waals surface area contributed by atoms with Gasteiger partial charge in [0.25, 0.3) is 0 Å². The molecule has 0 radical (unpaired) electrons. The Morgan fingerprint density at radius 2 is 1.94 bits per heavy atom. The van der Waals surface area contributed by atoms with E-state index in [1.54, 1.807) is 0 Å². The van der Waals surface area contributed by atoms with Gasteiger partial charge in [-0.2, -0.15) is 0 Å². The molecule has 106 valence electrons. The number of amides is 1. The normalized spacial score (nSPS) is 28.7. The molecule has 18 heavy (non-hydrogen) atoms. The highest BCUT2D eigenvalue weighted by atomic mass is 35.5. The van der Waals surface area contributed by atoms with Gasteiger partial charge in [0.1, 0.15) is 0 Å². The SMILES string of the molecule is Cl.NCC1CCCC1NC(=O)CC1CCOCC1. The highest BCUT2D eigenvalue weighted by molar-refractivity contribution is 5.85. The van der Waals surface area contributed by atoms with Crippen molar-refractivity contribution < 1.29 is 9.53 Å². The van der Waals surface area contributed by atoms with Gasteiger partial charge in [-0.1, -0.05) is 6.42 Å². The first-order valence-corrected chi connectivity index (χ1v) is 6.86. The third-order valence-electron chi connectivity index (χ3n) is 4.12. The quantitative estimate of drug-likeness (QED) is 0.817. The molecule has 1 amide bonds. The van der Waals surface area contributed by atoms with Gasteiger partial charge < -0.3 is 15.8 Å². The summed E-state index contributed by atoms with van der Waals surface area (Å²) in [4.78, 5) is 11.9. The van der Waals surface area contributed by atoms with E-state index in [9.17, 15) is 4.79 Å². The lowest BCUT2D eigenvalue weighted by molar-refractivity contribution is -0.123. The Hall–Kier alpha value is -0.320. The minimum absolute atomic E-state index is 0. The van der Waals surface area contributed by atoms with Crippen LogP contribution in [0, 0.1) is 11.8 Å². The van der Waals surface area contributed by atoms with E-state index in [-0.39, 0.29) is 18.3 Å². The van der Waals surface area contributed by atoms with Crippen LogP contribution in [0.4, 0.5) is 0 Å². The molecule has 0 aromatic heterocycles. The second-order valence-corrected chi connectivity index (χ2v) is 5.36. The van der Waals surface area contributed by atoms with Crippen LogP contribution in [0.15, 0.2) is 0 Å². The van der Waals surface area contributed by atoms with E-state index in [0.717, 1.165) is 32.5 Å². The number of rotatable bonds is 4. The summed E-state index contributed by atoms with van der Waals surface area (Å²) in [6.07, 6.45) is 6.18. The third kappa shape index (κ3) is 4.41. The van der Waals surface area contributed by atoms with Crippen LogP contribution < -0.4 is 11.1 Å². The molecule has 3 N–H and O–H groups in total. The molecule has 2 aliphatic rings. The first-order chi connectivity index (χ1) is 8.29. The number of carbonyl (C=O) groups is 1. The number of halogens is 1. The minimum Gasteiger partial charge on any atom is -0.381 e. The maximum atomic E-state index is 11.9. The van der Waals surface area contributed by atoms with Crippen LogP contribution in [0.2, 0.25) is 0 Å². The summed E-state index contributed by atoms with van der Waals surface area (Å²) < 4.78 is 5.30. The van der Waals surface area contributed by atoms with Crippen molar-refractivity contribution in [1.29, 1.82) is 0 Å². The Morgan fingerprint density at radius 1 is 1.22 bits per heavy atom. The fourth-order valence-electron chi connectivity index (χ4n) is 2.99. The molecule has 1 saturated carbocycles. The van der Waals surface area contributed by atoms with Gasteiger partial charge in [0.2, 0.25) is 5.91 Å². The molecule has 0 bridgehead atoms. The number of nitrogens with one attached hydrogen (secondary N) is 1. The molecule has 5 heteroatoms. The zero-order valence-electron chi connectivity index (χ0n) is 10.9. The van der Waals surface area contributed by atoms with Gasteiger partial charge in [0, 0.05) is 25.7 Å². The van der Waals surface area contributed by atoms with Crippen LogP contribution in [0.1, 0.15) is 38.5 Å². The molecule has 1 aliphatic heterocycles. The molecule has 0 aromatic carbocycles. The average molecular weight is 277 g/mol. The monoisotopic (exact) mass is 276 g/mol. The standard InChI is InChI=1S/C13H24N2O2.ClH/c14-9-11-2-1-3-12(11)15-13(16)8-10-4-6-17-7-5-10;/h10-12H,1-9,14H2,(H,15,16);1H. The van der Waals surface area contributed by atoms with Crippen molar-refractivity contribution in [2.45, 2.75) is 44.6 Å². The Labute approximate surface area is 115 Å². The largest absolute Gasteiger partial charge is 0.381 e. The number of hydrogen-bond donors (Lipinski definition) is 2. The first kappa shape index (κ1) is 15.7. The molecular formula is C13H25ClN2O2. The van der Waals surface area contributed by atoms with E-state index >= 15 is 0 Å². The molecule has 2 fully saturated rings. The van der Waals surface area contributed by atoms with Crippen LogP contribution in [0.25, 0.3) is 0 Å². The summed E-state index contributed by atoms with van der Waals surface area (Å²) in [6.45, 7) is 2.32. The topological polar surface area (TPSA) is 64.3 Å². The lowest BCUT2D eigenvalue weighted by atomic mass is 9.95. The maximum Gasteiger partial charge on any atom is 0.220 e. The predicted octanol–water partition coefficient (Wildman–Crippen LogP) is 1.47. The first-order valence-electron chi connectivity index (χ1n) is 6.86. The summed E-state index contributed by atoms with van der Waals surface area (Å²) >= 11 is 0. The molecular weight excluding hydrogens is 252 g/mol. The number of carbonyl (C=O) groups excluding carboxylic acids is 1. The molecule has 2 rings (SSSR count). The zero-order chi connectivity index (χ0) is 12.1. The van der Waals surface area contributed by atoms with Crippen molar-refractivity contribution in [3.63, 3.8) is 0 Å². The second-order valence-electron chi connectivity index (χ2n) is 5.36. The molecule has 2 atom stereocenters. The van der Waals surface area contributed by atoms with Gasteiger partial charge in [-0.25, -0.2) is 0 Å². The summed E-state index contributed by atoms with van der Waals surface area (Å²) in [5, 5.41) is 3.17. The van der Waals surface area contributed by atoms with Crippen molar-refractivity contribution in [1.82, 2.24) is 5.32 Å². The van der Waals surface area contributed by atoms with E-state index in [4.69, 9.17) is 10.5 Å². The van der Waals surface area contributed by atoms with Crippen LogP contribution in [0.5, 0.6) is 0 Å². The van der Waals surface area contributed by atoms with Gasteiger partial charge >= 0.3 is 0 Å². The van der Waals surface area contributed by atoms with Gasteiger partial charge in [-0.05, 0) is 44.1 Å². The van der Waals surface area contributed by atoms with Crippen molar-refractivity contribution in [3.05, 3.63) is 0 Å². The number of hydrogen-bond acceptors (Lipinski definition) is 3. The van der Waals surface area contributed by atoms with Crippen molar-refractivity contribution in [3.8, 4) is 0 Å². The van der Waals surface area contributed by atoms with Gasteiger partial charge in [0.05, 0.1) is 0 Å². The Balaban J connectivity index is 0.00000162. The summed E-state index contributed by atoms with van der Waals surface area (Å²) in [5.41, 5.74) is 5.72. The summed E-state index contributed by atoms with van der Waals surface area (Å²) in [7, 11) is 0. The highest BCUT2D eigenvalue weighted by Gasteiger charge is 2.28. The zero-order valence-corrected chi connectivity index (χ0v) is 11.7. The summed E-state index contributed by atoms with van der Waals surface area (Å²) in [5.74, 6) is 1.22. The van der Waals surface area contributed by atoms with Crippen molar-refractivity contribution >= 4 is 18.3 Å². The summed E-state index contributed by atoms with van der Waals surface area (Å²) in [6, 6.07) is 0.326. The lowest BCUT2D eigenvalue weighted by Crippen LogP contribution is -2.40. The fourth-order valence-corrected chi connectivity index (χ4v) is 2.99. The van der Waals surface area contributed by atoms with Crippen LogP contribution in [0.3, 0.4) is 0 Å². The Kier molecular flexibility index (Phi) is 6.97. The highest BCUT2D eigenvalue weighted by Crippen LogP contribution is 2.25. The molecule has 1 aliphatic carbocycles. The van der Waals surface area contributed by atoms with E-state index in [1.165, 1.54) is 12.8 Å². The Morgan fingerprint density at radius 3 is 2.61 bits per heavy atom. The molecule has 4 nitrogen and oxygen atoms in total. The number of nitrogens with two attached hydrogens (primary N) is 1. The van der Waals surface area contributed by atoms with E-state index < -0.39 is 0 Å². The molecule has 1 heterocycles. The van der Waals surface area contributed by atoms with Crippen molar-refractivity contribution in [2.24, 2.45) is 17.6 Å². The maximum absolute atomic E-state index is 11.9. The van der Waals surface area contributed by atoms with Gasteiger partial charge in [0.15, 0.2) is 0 Å². The molecule has 0 spiro atoms. The third-order valence-corrected chi connectivity index (χ3v) is 4.12. The molecule has 1 saturated heterocycles. The molecule has 0 aromatic rings. The average Bonchev–Trinajstić information content (AvgIpc) is 2.77. The second kappa shape index (κ2) is 7.97. The Bertz CT molecular complexity index is 257. The predicted molar refractivity (Wildman–Crippen MR) is 73.7 cm³/mol. The van der Waals surface area contributed by atoms with Crippen LogP contribution in [-0.2, 0) is 9.53 Å². The van der Waals surface area contributed by atoms with Gasteiger partial charge in [-0.15, -0.1) is 12.4 Å². The molecule has 2 unspecified atom stereocenters. The number of ether oxygens (including phenoxy) is 1. The van der Waals surface area contributed by atoms with Gasteiger partial charge in [-0.3, -0.25) is 4.79 Å². The van der Waals surface area contributed by atoms with E-state index in [2.05, 4.69) is 5.32 Å². The smallest absolute Gasteiger partial charge is 0.220 e.